The molecule has 1 aromatic heterocycles. The first-order valence-electron chi connectivity index (χ1n) is 6.11. The van der Waals surface area contributed by atoms with Crippen LogP contribution in [-0.2, 0) is 13.5 Å². The fraction of sp³-hybridized carbons (Fsp3) is 0.357. The molecule has 18 heavy (non-hydrogen) atoms. The molecule has 0 fully saturated rings. The van der Waals surface area contributed by atoms with Crippen LogP contribution in [0.15, 0.2) is 30.6 Å². The van der Waals surface area contributed by atoms with Gasteiger partial charge < -0.3 is 0 Å². The highest BCUT2D eigenvalue weighted by atomic mass is 15.2. The van der Waals surface area contributed by atoms with Gasteiger partial charge in [0, 0.05) is 13.2 Å². The first-order valence-corrected chi connectivity index (χ1v) is 6.11. The maximum atomic E-state index is 5.70. The molecule has 0 bridgehead atoms. The van der Waals surface area contributed by atoms with Crippen molar-refractivity contribution < 1.29 is 0 Å². The molecule has 0 saturated heterocycles. The van der Waals surface area contributed by atoms with Gasteiger partial charge in [-0.1, -0.05) is 18.2 Å². The van der Waals surface area contributed by atoms with Gasteiger partial charge in [-0.05, 0) is 42.5 Å². The molecule has 0 aliphatic heterocycles. The standard InChI is InChI=1S/C14H20N4/c1-10-5-4-6-13(11(10)2)14(17-15)7-12-8-16-18(3)9-12/h4-6,8-9,14,17H,7,15H2,1-3H3. The zero-order chi connectivity index (χ0) is 13.1. The Balaban J connectivity index is 2.25. The maximum Gasteiger partial charge on any atom is 0.0522 e. The molecule has 0 radical (unpaired) electrons. The molecule has 4 heteroatoms. The molecule has 2 aromatic rings. The van der Waals surface area contributed by atoms with Crippen LogP contribution >= 0.6 is 0 Å². The van der Waals surface area contributed by atoms with Crippen LogP contribution in [-0.4, -0.2) is 9.78 Å². The minimum Gasteiger partial charge on any atom is -0.276 e. The number of nitrogens with one attached hydrogen (secondary N) is 1. The lowest BCUT2D eigenvalue weighted by atomic mass is 9.94. The van der Waals surface area contributed by atoms with Gasteiger partial charge in [0.05, 0.1) is 12.2 Å². The Morgan fingerprint density at radius 3 is 2.78 bits per heavy atom. The van der Waals surface area contributed by atoms with Crippen molar-refractivity contribution in [1.29, 1.82) is 0 Å². The summed E-state index contributed by atoms with van der Waals surface area (Å²) in [6, 6.07) is 6.44. The van der Waals surface area contributed by atoms with Crippen molar-refractivity contribution >= 4 is 0 Å². The number of hydrogen-bond donors (Lipinski definition) is 2. The molecule has 0 spiro atoms. The van der Waals surface area contributed by atoms with Gasteiger partial charge in [-0.2, -0.15) is 5.10 Å². The minimum absolute atomic E-state index is 0.120. The second kappa shape index (κ2) is 5.33. The van der Waals surface area contributed by atoms with Gasteiger partial charge in [0.2, 0.25) is 0 Å². The predicted octanol–water partition coefficient (Wildman–Crippen LogP) is 1.78. The fourth-order valence-corrected chi connectivity index (χ4v) is 2.22. The third kappa shape index (κ3) is 2.60. The van der Waals surface area contributed by atoms with E-state index >= 15 is 0 Å². The second-order valence-electron chi connectivity index (χ2n) is 4.73. The molecule has 2 rings (SSSR count). The highest BCUT2D eigenvalue weighted by Gasteiger charge is 2.14. The summed E-state index contributed by atoms with van der Waals surface area (Å²) in [6.07, 6.45) is 4.75. The Kier molecular flexibility index (Phi) is 3.79. The van der Waals surface area contributed by atoms with Crippen molar-refractivity contribution in [1.82, 2.24) is 15.2 Å². The number of rotatable bonds is 4. The quantitative estimate of drug-likeness (QED) is 0.637. The van der Waals surface area contributed by atoms with Gasteiger partial charge in [-0.25, -0.2) is 0 Å². The van der Waals surface area contributed by atoms with Gasteiger partial charge in [-0.3, -0.25) is 16.0 Å². The van der Waals surface area contributed by atoms with E-state index in [9.17, 15) is 0 Å². The van der Waals surface area contributed by atoms with Gasteiger partial charge in [0.15, 0.2) is 0 Å². The molecule has 0 amide bonds. The smallest absolute Gasteiger partial charge is 0.0522 e. The Labute approximate surface area is 108 Å². The number of benzene rings is 1. The van der Waals surface area contributed by atoms with E-state index in [1.54, 1.807) is 0 Å². The number of nitrogens with two attached hydrogens (primary N) is 1. The van der Waals surface area contributed by atoms with E-state index in [0.29, 0.717) is 0 Å². The average molecular weight is 244 g/mol. The molecule has 1 atom stereocenters. The van der Waals surface area contributed by atoms with E-state index < -0.39 is 0 Å². The van der Waals surface area contributed by atoms with Crippen LogP contribution in [0.3, 0.4) is 0 Å². The number of nitrogens with zero attached hydrogens (tertiary/aromatic N) is 2. The number of hydrazine groups is 1. The van der Waals surface area contributed by atoms with Crippen LogP contribution in [0.5, 0.6) is 0 Å². The van der Waals surface area contributed by atoms with Gasteiger partial charge in [-0.15, -0.1) is 0 Å². The zero-order valence-corrected chi connectivity index (χ0v) is 11.1. The Morgan fingerprint density at radius 1 is 1.39 bits per heavy atom. The summed E-state index contributed by atoms with van der Waals surface area (Å²) in [5, 5.41) is 4.19. The summed E-state index contributed by atoms with van der Waals surface area (Å²) >= 11 is 0. The molecule has 4 nitrogen and oxygen atoms in total. The first-order chi connectivity index (χ1) is 8.61. The monoisotopic (exact) mass is 244 g/mol. The molecular weight excluding hydrogens is 224 g/mol. The SMILES string of the molecule is Cc1cccc(C(Cc2cnn(C)c2)NN)c1C. The molecule has 0 aliphatic carbocycles. The summed E-state index contributed by atoms with van der Waals surface area (Å²) < 4.78 is 1.81. The largest absolute Gasteiger partial charge is 0.276 e. The lowest BCUT2D eigenvalue weighted by Crippen LogP contribution is -2.30. The predicted molar refractivity (Wildman–Crippen MR) is 72.9 cm³/mol. The van der Waals surface area contributed by atoms with Crippen LogP contribution < -0.4 is 11.3 Å². The van der Waals surface area contributed by atoms with E-state index in [1.165, 1.54) is 22.3 Å². The zero-order valence-electron chi connectivity index (χ0n) is 11.1. The number of hydrogen-bond acceptors (Lipinski definition) is 3. The van der Waals surface area contributed by atoms with Crippen LogP contribution in [0.2, 0.25) is 0 Å². The molecule has 0 aliphatic rings. The van der Waals surface area contributed by atoms with Gasteiger partial charge in [0.25, 0.3) is 0 Å². The maximum absolute atomic E-state index is 5.70. The summed E-state index contributed by atoms with van der Waals surface area (Å²) in [5.74, 6) is 5.70. The van der Waals surface area contributed by atoms with Crippen molar-refractivity contribution in [2.45, 2.75) is 26.3 Å². The van der Waals surface area contributed by atoms with Gasteiger partial charge >= 0.3 is 0 Å². The third-order valence-electron chi connectivity index (χ3n) is 3.42. The minimum atomic E-state index is 0.120. The summed E-state index contributed by atoms with van der Waals surface area (Å²) in [4.78, 5) is 0. The summed E-state index contributed by atoms with van der Waals surface area (Å²) in [6.45, 7) is 4.26. The molecular formula is C14H20N4. The Bertz CT molecular complexity index is 530. The van der Waals surface area contributed by atoms with Crippen LogP contribution in [0.25, 0.3) is 0 Å². The Hall–Kier alpha value is -1.65. The number of aryl methyl sites for hydroxylation is 2. The summed E-state index contributed by atoms with van der Waals surface area (Å²) in [7, 11) is 1.92. The van der Waals surface area contributed by atoms with E-state index in [-0.39, 0.29) is 6.04 Å². The van der Waals surface area contributed by atoms with E-state index in [2.05, 4.69) is 42.6 Å². The molecule has 1 aromatic carbocycles. The molecule has 1 heterocycles. The van der Waals surface area contributed by atoms with Gasteiger partial charge in [0.1, 0.15) is 0 Å². The second-order valence-corrected chi connectivity index (χ2v) is 4.73. The molecule has 0 saturated carbocycles. The van der Waals surface area contributed by atoms with Crippen molar-refractivity contribution in [2.24, 2.45) is 12.9 Å². The lowest BCUT2D eigenvalue weighted by Gasteiger charge is -2.19. The lowest BCUT2D eigenvalue weighted by molar-refractivity contribution is 0.549. The molecule has 1 unspecified atom stereocenters. The average Bonchev–Trinajstić information content (AvgIpc) is 2.76. The highest BCUT2D eigenvalue weighted by molar-refractivity contribution is 5.36. The van der Waals surface area contributed by atoms with Crippen LogP contribution in [0, 0.1) is 13.8 Å². The topological polar surface area (TPSA) is 55.9 Å². The normalized spacial score (nSPS) is 12.7. The van der Waals surface area contributed by atoms with Crippen molar-refractivity contribution in [3.05, 3.63) is 52.8 Å². The van der Waals surface area contributed by atoms with E-state index in [0.717, 1.165) is 6.42 Å². The first kappa shape index (κ1) is 12.8. The van der Waals surface area contributed by atoms with Crippen molar-refractivity contribution in [3.63, 3.8) is 0 Å². The number of aromatic nitrogens is 2. The fourth-order valence-electron chi connectivity index (χ4n) is 2.22. The summed E-state index contributed by atoms with van der Waals surface area (Å²) in [5.41, 5.74) is 7.93. The molecule has 3 N–H and O–H groups in total. The molecule has 96 valence electrons. The van der Waals surface area contributed by atoms with E-state index in [4.69, 9.17) is 5.84 Å². The Morgan fingerprint density at radius 2 is 2.17 bits per heavy atom. The van der Waals surface area contributed by atoms with Crippen LogP contribution in [0.1, 0.15) is 28.3 Å². The van der Waals surface area contributed by atoms with E-state index in [1.807, 2.05) is 24.1 Å². The van der Waals surface area contributed by atoms with Crippen molar-refractivity contribution in [2.75, 3.05) is 0 Å². The third-order valence-corrected chi connectivity index (χ3v) is 3.42. The van der Waals surface area contributed by atoms with Crippen molar-refractivity contribution in [3.8, 4) is 0 Å². The van der Waals surface area contributed by atoms with Crippen LogP contribution in [0.4, 0.5) is 0 Å². The highest BCUT2D eigenvalue weighted by Crippen LogP contribution is 2.23.